The third-order valence-electron chi connectivity index (χ3n) is 4.13. The predicted octanol–water partition coefficient (Wildman–Crippen LogP) is 1.88. The van der Waals surface area contributed by atoms with E-state index in [4.69, 9.17) is 4.74 Å². The minimum absolute atomic E-state index is 0.282. The van der Waals surface area contributed by atoms with Gasteiger partial charge in [0, 0.05) is 26.2 Å². The Morgan fingerprint density at radius 2 is 1.92 bits per heavy atom. The second-order valence-electron chi connectivity index (χ2n) is 5.93. The fourth-order valence-electron chi connectivity index (χ4n) is 2.67. The lowest BCUT2D eigenvalue weighted by Crippen LogP contribution is -2.44. The van der Waals surface area contributed by atoms with Crippen molar-refractivity contribution in [2.24, 2.45) is 0 Å². The first-order valence-corrected chi connectivity index (χ1v) is 8.46. The highest BCUT2D eigenvalue weighted by molar-refractivity contribution is 6.03. The molecule has 0 atom stereocenters. The first-order chi connectivity index (χ1) is 12.2. The third-order valence-corrected chi connectivity index (χ3v) is 4.13. The van der Waals surface area contributed by atoms with Gasteiger partial charge in [-0.3, -0.25) is 4.79 Å². The molecule has 3 rings (SSSR count). The average molecular weight is 341 g/mol. The summed E-state index contributed by atoms with van der Waals surface area (Å²) in [5.41, 5.74) is 0.906. The largest absolute Gasteiger partial charge is 0.492 e. The lowest BCUT2D eigenvalue weighted by Gasteiger charge is -2.32. The second-order valence-corrected chi connectivity index (χ2v) is 5.93. The van der Waals surface area contributed by atoms with E-state index in [1.54, 1.807) is 12.3 Å². The van der Waals surface area contributed by atoms with E-state index in [0.29, 0.717) is 18.0 Å². The SMILES string of the molecule is CCOc1ccccc1NC(=O)c1cnc(N2CCN(C)CC2)cn1. The van der Waals surface area contributed by atoms with E-state index < -0.39 is 0 Å². The van der Waals surface area contributed by atoms with Crippen molar-refractivity contribution in [2.45, 2.75) is 6.92 Å². The Balaban J connectivity index is 1.67. The Labute approximate surface area is 147 Å². The maximum absolute atomic E-state index is 12.4. The molecule has 1 aromatic heterocycles. The molecule has 0 bridgehead atoms. The van der Waals surface area contributed by atoms with Crippen molar-refractivity contribution in [1.29, 1.82) is 0 Å². The standard InChI is InChI=1S/C18H23N5O2/c1-3-25-16-7-5-4-6-14(16)21-18(24)15-12-20-17(13-19-15)23-10-8-22(2)9-11-23/h4-7,12-13H,3,8-11H2,1-2H3,(H,21,24). The Morgan fingerprint density at radius 3 is 2.60 bits per heavy atom. The van der Waals surface area contributed by atoms with Gasteiger partial charge in [0.15, 0.2) is 0 Å². The van der Waals surface area contributed by atoms with E-state index in [2.05, 4.69) is 32.1 Å². The molecule has 1 amide bonds. The normalized spacial score (nSPS) is 15.0. The summed E-state index contributed by atoms with van der Waals surface area (Å²) in [6, 6.07) is 7.34. The number of hydrogen-bond acceptors (Lipinski definition) is 6. The average Bonchev–Trinajstić information content (AvgIpc) is 2.64. The van der Waals surface area contributed by atoms with Crippen LogP contribution in [0, 0.1) is 0 Å². The molecule has 2 aromatic rings. The van der Waals surface area contributed by atoms with Crippen LogP contribution >= 0.6 is 0 Å². The van der Waals surface area contributed by atoms with Gasteiger partial charge < -0.3 is 19.9 Å². The molecule has 25 heavy (non-hydrogen) atoms. The Kier molecular flexibility index (Phi) is 5.45. The molecular formula is C18H23N5O2. The smallest absolute Gasteiger partial charge is 0.275 e. The molecule has 2 heterocycles. The number of amides is 1. The fourth-order valence-corrected chi connectivity index (χ4v) is 2.67. The zero-order valence-corrected chi connectivity index (χ0v) is 14.6. The van der Waals surface area contributed by atoms with Crippen molar-refractivity contribution < 1.29 is 9.53 Å². The monoisotopic (exact) mass is 341 g/mol. The summed E-state index contributed by atoms with van der Waals surface area (Å²) >= 11 is 0. The van der Waals surface area contributed by atoms with E-state index in [9.17, 15) is 4.79 Å². The molecule has 1 N–H and O–H groups in total. The molecule has 1 aromatic carbocycles. The molecule has 0 aliphatic carbocycles. The van der Waals surface area contributed by atoms with Gasteiger partial charge in [-0.05, 0) is 26.1 Å². The number of aromatic nitrogens is 2. The molecule has 1 aliphatic heterocycles. The maximum atomic E-state index is 12.4. The molecule has 1 aliphatic rings. The van der Waals surface area contributed by atoms with Crippen LogP contribution in [0.15, 0.2) is 36.7 Å². The minimum Gasteiger partial charge on any atom is -0.492 e. The van der Waals surface area contributed by atoms with Crippen LogP contribution in [0.25, 0.3) is 0 Å². The molecule has 1 fully saturated rings. The topological polar surface area (TPSA) is 70.6 Å². The molecule has 0 unspecified atom stereocenters. The van der Waals surface area contributed by atoms with E-state index in [1.807, 2.05) is 25.1 Å². The molecule has 7 nitrogen and oxygen atoms in total. The van der Waals surface area contributed by atoms with E-state index in [1.165, 1.54) is 6.20 Å². The number of carbonyl (C=O) groups excluding carboxylic acids is 1. The van der Waals surface area contributed by atoms with E-state index in [0.717, 1.165) is 32.0 Å². The highest BCUT2D eigenvalue weighted by Crippen LogP contribution is 2.24. The number of benzene rings is 1. The lowest BCUT2D eigenvalue weighted by molar-refractivity contribution is 0.102. The van der Waals surface area contributed by atoms with Gasteiger partial charge in [0.2, 0.25) is 0 Å². The maximum Gasteiger partial charge on any atom is 0.275 e. The van der Waals surface area contributed by atoms with Gasteiger partial charge in [-0.1, -0.05) is 12.1 Å². The number of anilines is 2. The number of para-hydroxylation sites is 2. The number of likely N-dealkylation sites (N-methyl/N-ethyl adjacent to an activating group) is 1. The number of rotatable bonds is 5. The van der Waals surface area contributed by atoms with Gasteiger partial charge in [-0.25, -0.2) is 9.97 Å². The van der Waals surface area contributed by atoms with Crippen molar-refractivity contribution >= 4 is 17.4 Å². The zero-order valence-electron chi connectivity index (χ0n) is 14.6. The minimum atomic E-state index is -0.301. The summed E-state index contributed by atoms with van der Waals surface area (Å²) in [6.45, 7) is 6.26. The molecule has 0 radical (unpaired) electrons. The van der Waals surface area contributed by atoms with E-state index in [-0.39, 0.29) is 11.6 Å². The number of hydrogen-bond donors (Lipinski definition) is 1. The molecule has 0 saturated carbocycles. The third kappa shape index (κ3) is 4.24. The van der Waals surface area contributed by atoms with Gasteiger partial charge in [-0.15, -0.1) is 0 Å². The van der Waals surface area contributed by atoms with Crippen molar-refractivity contribution in [3.05, 3.63) is 42.4 Å². The second kappa shape index (κ2) is 7.94. The molecular weight excluding hydrogens is 318 g/mol. The number of nitrogens with zero attached hydrogens (tertiary/aromatic N) is 4. The van der Waals surface area contributed by atoms with Gasteiger partial charge in [0.25, 0.3) is 5.91 Å². The summed E-state index contributed by atoms with van der Waals surface area (Å²) in [6.07, 6.45) is 3.18. The van der Waals surface area contributed by atoms with Crippen LogP contribution in [-0.4, -0.2) is 60.6 Å². The van der Waals surface area contributed by atoms with Crippen molar-refractivity contribution in [1.82, 2.24) is 14.9 Å². The highest BCUT2D eigenvalue weighted by Gasteiger charge is 2.17. The van der Waals surface area contributed by atoms with Crippen molar-refractivity contribution in [3.8, 4) is 5.75 Å². The van der Waals surface area contributed by atoms with Crippen molar-refractivity contribution in [2.75, 3.05) is 50.1 Å². The van der Waals surface area contributed by atoms with Gasteiger partial charge >= 0.3 is 0 Å². The van der Waals surface area contributed by atoms with Crippen LogP contribution in [0.2, 0.25) is 0 Å². The quantitative estimate of drug-likeness (QED) is 0.895. The van der Waals surface area contributed by atoms with Crippen LogP contribution in [0.5, 0.6) is 5.75 Å². The fraction of sp³-hybridized carbons (Fsp3) is 0.389. The van der Waals surface area contributed by atoms with Crippen LogP contribution in [0.4, 0.5) is 11.5 Å². The summed E-state index contributed by atoms with van der Waals surface area (Å²) < 4.78 is 5.52. The highest BCUT2D eigenvalue weighted by atomic mass is 16.5. The molecule has 132 valence electrons. The molecule has 1 saturated heterocycles. The Bertz CT molecular complexity index is 712. The molecule has 0 spiro atoms. The number of piperazine rings is 1. The van der Waals surface area contributed by atoms with Crippen LogP contribution in [0.3, 0.4) is 0 Å². The van der Waals surface area contributed by atoms with Gasteiger partial charge in [-0.2, -0.15) is 0 Å². The summed E-state index contributed by atoms with van der Waals surface area (Å²) in [4.78, 5) is 25.5. The summed E-state index contributed by atoms with van der Waals surface area (Å²) in [5, 5.41) is 2.83. The van der Waals surface area contributed by atoms with Crippen LogP contribution < -0.4 is 15.0 Å². The number of nitrogens with one attached hydrogen (secondary N) is 1. The predicted molar refractivity (Wildman–Crippen MR) is 97.3 cm³/mol. The van der Waals surface area contributed by atoms with Crippen LogP contribution in [-0.2, 0) is 0 Å². The number of ether oxygens (including phenoxy) is 1. The van der Waals surface area contributed by atoms with Crippen LogP contribution in [0.1, 0.15) is 17.4 Å². The Morgan fingerprint density at radius 1 is 1.16 bits per heavy atom. The zero-order chi connectivity index (χ0) is 17.6. The Hall–Kier alpha value is -2.67. The van der Waals surface area contributed by atoms with Crippen molar-refractivity contribution in [3.63, 3.8) is 0 Å². The van der Waals surface area contributed by atoms with Gasteiger partial charge in [0.1, 0.15) is 17.3 Å². The first-order valence-electron chi connectivity index (χ1n) is 8.46. The molecule has 7 heteroatoms. The summed E-state index contributed by atoms with van der Waals surface area (Å²) in [7, 11) is 2.11. The first kappa shape index (κ1) is 17.2. The van der Waals surface area contributed by atoms with Gasteiger partial charge in [0.05, 0.1) is 24.7 Å². The lowest BCUT2D eigenvalue weighted by atomic mass is 10.3. The van der Waals surface area contributed by atoms with E-state index >= 15 is 0 Å². The number of carbonyl (C=O) groups is 1. The summed E-state index contributed by atoms with van der Waals surface area (Å²) in [5.74, 6) is 1.14.